The minimum Gasteiger partial charge on any atom is -0.260 e. The van der Waals surface area contributed by atoms with E-state index in [1.165, 1.54) is 0 Å². The first-order chi connectivity index (χ1) is 5.20. The molecule has 1 rings (SSSR count). The largest absolute Gasteiger partial charge is 0.260 e. The maximum absolute atomic E-state index is 10.9. The van der Waals surface area contributed by atoms with E-state index < -0.39 is 10.8 Å². The Morgan fingerprint density at radius 1 is 1.45 bits per heavy atom. The molecule has 3 heteroatoms. The van der Waals surface area contributed by atoms with Crippen molar-refractivity contribution in [2.24, 2.45) is 0 Å². The van der Waals surface area contributed by atoms with Crippen LogP contribution in [0.5, 0.6) is 0 Å². The van der Waals surface area contributed by atoms with Crippen LogP contribution in [0.15, 0.2) is 28.7 Å². The second kappa shape index (κ2) is 4.02. The molecule has 0 radical (unpaired) electrons. The molecule has 0 amide bonds. The van der Waals surface area contributed by atoms with Crippen LogP contribution in [-0.4, -0.2) is 10.5 Å². The van der Waals surface area contributed by atoms with E-state index in [-0.39, 0.29) is 0 Å². The molecule has 0 heterocycles. The number of benzene rings is 1. The third kappa shape index (κ3) is 2.75. The standard InChI is InChI=1S/C8H9BrOS/c1-11(10)6-7-4-2-3-5-8(7)9/h2-5H,6H2,1H3. The number of hydrogen-bond donors (Lipinski definition) is 0. The Bertz CT molecular complexity index is 273. The van der Waals surface area contributed by atoms with Crippen LogP contribution in [0.3, 0.4) is 0 Å². The summed E-state index contributed by atoms with van der Waals surface area (Å²) in [5, 5.41) is 0. The zero-order valence-electron chi connectivity index (χ0n) is 6.21. The lowest BCUT2D eigenvalue weighted by atomic mass is 10.2. The highest BCUT2D eigenvalue weighted by molar-refractivity contribution is 9.10. The number of hydrogen-bond acceptors (Lipinski definition) is 1. The predicted molar refractivity (Wildman–Crippen MR) is 51.9 cm³/mol. The summed E-state index contributed by atoms with van der Waals surface area (Å²) in [6.45, 7) is 0. The predicted octanol–water partition coefficient (Wildman–Crippen LogP) is 2.33. The van der Waals surface area contributed by atoms with Gasteiger partial charge in [-0.15, -0.1) is 0 Å². The molecular weight excluding hydrogens is 224 g/mol. The summed E-state index contributed by atoms with van der Waals surface area (Å²) >= 11 is 3.39. The maximum Gasteiger partial charge on any atom is 0.0493 e. The molecule has 11 heavy (non-hydrogen) atoms. The summed E-state index contributed by atoms with van der Waals surface area (Å²) < 4.78 is 11.9. The molecule has 0 fully saturated rings. The van der Waals surface area contributed by atoms with Crippen molar-refractivity contribution in [3.05, 3.63) is 34.3 Å². The Hall–Kier alpha value is -0.150. The van der Waals surface area contributed by atoms with Crippen LogP contribution in [0, 0.1) is 0 Å². The van der Waals surface area contributed by atoms with Gasteiger partial charge in [-0.3, -0.25) is 4.21 Å². The second-order valence-corrected chi connectivity index (χ2v) is 4.60. The lowest BCUT2D eigenvalue weighted by Crippen LogP contribution is -1.92. The highest BCUT2D eigenvalue weighted by atomic mass is 79.9. The highest BCUT2D eigenvalue weighted by Crippen LogP contribution is 2.16. The molecule has 0 aliphatic carbocycles. The lowest BCUT2D eigenvalue weighted by molar-refractivity contribution is 0.686. The summed E-state index contributed by atoms with van der Waals surface area (Å²) in [6.07, 6.45) is 1.71. The van der Waals surface area contributed by atoms with Gasteiger partial charge in [0.2, 0.25) is 0 Å². The topological polar surface area (TPSA) is 17.1 Å². The highest BCUT2D eigenvalue weighted by Gasteiger charge is 1.99. The van der Waals surface area contributed by atoms with Crippen molar-refractivity contribution in [2.75, 3.05) is 6.26 Å². The van der Waals surface area contributed by atoms with Crippen LogP contribution >= 0.6 is 15.9 Å². The van der Waals surface area contributed by atoms with E-state index in [0.29, 0.717) is 5.75 Å². The third-order valence-corrected chi connectivity index (χ3v) is 2.81. The molecule has 0 saturated carbocycles. The van der Waals surface area contributed by atoms with Crippen LogP contribution in [-0.2, 0) is 16.6 Å². The van der Waals surface area contributed by atoms with Crippen molar-refractivity contribution in [3.8, 4) is 0 Å². The van der Waals surface area contributed by atoms with Gasteiger partial charge in [-0.2, -0.15) is 0 Å². The van der Waals surface area contributed by atoms with Crippen LogP contribution in [0.25, 0.3) is 0 Å². The van der Waals surface area contributed by atoms with E-state index in [1.807, 2.05) is 24.3 Å². The van der Waals surface area contributed by atoms with Crippen LogP contribution < -0.4 is 0 Å². The van der Waals surface area contributed by atoms with Gasteiger partial charge in [-0.1, -0.05) is 34.1 Å². The molecule has 0 bridgehead atoms. The molecular formula is C8H9BrOS. The smallest absolute Gasteiger partial charge is 0.0493 e. The van der Waals surface area contributed by atoms with Gasteiger partial charge in [-0.25, -0.2) is 0 Å². The minimum absolute atomic E-state index is 0.626. The Balaban J connectivity index is 2.86. The normalized spacial score (nSPS) is 12.9. The fourth-order valence-corrected chi connectivity index (χ4v) is 2.13. The molecule has 0 aromatic heterocycles. The van der Waals surface area contributed by atoms with Crippen molar-refractivity contribution in [1.82, 2.24) is 0 Å². The summed E-state index contributed by atoms with van der Waals surface area (Å²) in [6, 6.07) is 7.84. The first-order valence-corrected chi connectivity index (χ1v) is 5.75. The number of rotatable bonds is 2. The van der Waals surface area contributed by atoms with Gasteiger partial charge in [0.15, 0.2) is 0 Å². The minimum atomic E-state index is -0.757. The third-order valence-electron chi connectivity index (χ3n) is 1.32. The number of halogens is 1. The van der Waals surface area contributed by atoms with Crippen LogP contribution in [0.4, 0.5) is 0 Å². The van der Waals surface area contributed by atoms with Gasteiger partial charge in [0, 0.05) is 27.3 Å². The molecule has 0 N–H and O–H groups in total. The molecule has 0 saturated heterocycles. The van der Waals surface area contributed by atoms with Gasteiger partial charge in [0.05, 0.1) is 0 Å². The van der Waals surface area contributed by atoms with Crippen molar-refractivity contribution in [2.45, 2.75) is 5.75 Å². The molecule has 1 atom stereocenters. The first kappa shape index (κ1) is 8.94. The maximum atomic E-state index is 10.9. The van der Waals surface area contributed by atoms with E-state index in [0.717, 1.165) is 10.0 Å². The van der Waals surface area contributed by atoms with Crippen LogP contribution in [0.1, 0.15) is 5.56 Å². The van der Waals surface area contributed by atoms with Crippen molar-refractivity contribution >= 4 is 26.7 Å². The van der Waals surface area contributed by atoms with E-state index in [4.69, 9.17) is 0 Å². The monoisotopic (exact) mass is 232 g/mol. The zero-order valence-corrected chi connectivity index (χ0v) is 8.61. The second-order valence-electron chi connectivity index (χ2n) is 2.31. The van der Waals surface area contributed by atoms with E-state index in [1.54, 1.807) is 6.26 Å². The van der Waals surface area contributed by atoms with Gasteiger partial charge >= 0.3 is 0 Å². The zero-order chi connectivity index (χ0) is 8.27. The Labute approximate surface area is 77.4 Å². The van der Waals surface area contributed by atoms with E-state index in [9.17, 15) is 4.21 Å². The first-order valence-electron chi connectivity index (χ1n) is 3.23. The van der Waals surface area contributed by atoms with Gasteiger partial charge in [-0.05, 0) is 11.6 Å². The molecule has 0 aliphatic heterocycles. The van der Waals surface area contributed by atoms with Gasteiger partial charge in [0.25, 0.3) is 0 Å². The summed E-state index contributed by atoms with van der Waals surface area (Å²) in [7, 11) is -0.757. The Morgan fingerprint density at radius 3 is 2.64 bits per heavy atom. The Kier molecular flexibility index (Phi) is 3.27. The molecule has 0 aliphatic rings. The lowest BCUT2D eigenvalue weighted by Gasteiger charge is -1.99. The van der Waals surface area contributed by atoms with E-state index in [2.05, 4.69) is 15.9 Å². The summed E-state index contributed by atoms with van der Waals surface area (Å²) in [4.78, 5) is 0. The van der Waals surface area contributed by atoms with Crippen molar-refractivity contribution in [3.63, 3.8) is 0 Å². The van der Waals surface area contributed by atoms with E-state index >= 15 is 0 Å². The summed E-state index contributed by atoms with van der Waals surface area (Å²) in [5.74, 6) is 0.626. The Morgan fingerprint density at radius 2 is 2.09 bits per heavy atom. The summed E-state index contributed by atoms with van der Waals surface area (Å²) in [5.41, 5.74) is 1.10. The van der Waals surface area contributed by atoms with Crippen molar-refractivity contribution in [1.29, 1.82) is 0 Å². The molecule has 1 aromatic rings. The van der Waals surface area contributed by atoms with Crippen LogP contribution in [0.2, 0.25) is 0 Å². The molecule has 1 nitrogen and oxygen atoms in total. The average molecular weight is 233 g/mol. The van der Waals surface area contributed by atoms with Gasteiger partial charge in [0.1, 0.15) is 0 Å². The SMILES string of the molecule is CS(=O)Cc1ccccc1Br. The fourth-order valence-electron chi connectivity index (χ4n) is 0.834. The quantitative estimate of drug-likeness (QED) is 0.766. The molecule has 60 valence electrons. The molecule has 0 spiro atoms. The fraction of sp³-hybridized carbons (Fsp3) is 0.250. The molecule has 1 aromatic carbocycles. The van der Waals surface area contributed by atoms with Crippen molar-refractivity contribution < 1.29 is 4.21 Å². The van der Waals surface area contributed by atoms with Gasteiger partial charge < -0.3 is 0 Å². The molecule has 1 unspecified atom stereocenters. The average Bonchev–Trinajstić information content (AvgIpc) is 1.93.